The van der Waals surface area contributed by atoms with E-state index in [2.05, 4.69) is 0 Å². The first-order valence-electron chi connectivity index (χ1n) is 0. The van der Waals surface area contributed by atoms with Gasteiger partial charge < -0.3 is 38.3 Å². The minimum atomic E-state index is 0. The van der Waals surface area contributed by atoms with Crippen molar-refractivity contribution in [3.63, 3.8) is 0 Å². The number of hydrogen-bond acceptors (Lipinski definition) is 7. The Bertz CT molecular complexity index is 13.6. The summed E-state index contributed by atoms with van der Waals surface area (Å²) in [5.41, 5.74) is 0. The van der Waals surface area contributed by atoms with Gasteiger partial charge in [0.25, 0.3) is 0 Å². The van der Waals surface area contributed by atoms with Gasteiger partial charge in [-0.2, -0.15) is 0 Å². The molecule has 0 bridgehead atoms. The topological polar surface area (TPSA) is 210 Å². The first-order chi connectivity index (χ1) is 0. The van der Waals surface area contributed by atoms with Crippen LogP contribution < -0.4 is 0 Å². The third-order valence-corrected chi connectivity index (χ3v) is 0. The maximum Gasteiger partial charge on any atom is 3.00 e. The molecule has 0 aliphatic rings. The zero-order valence-electron chi connectivity index (χ0n) is 4.44. The van der Waals surface area contributed by atoms with Crippen LogP contribution in [0.3, 0.4) is 0 Å². The van der Waals surface area contributed by atoms with Crippen LogP contribution in [0, 0.1) is 0 Å². The van der Waals surface area contributed by atoms with Gasteiger partial charge >= 0.3 is 51.5 Å². The van der Waals surface area contributed by atoms with Gasteiger partial charge in [0.2, 0.25) is 0 Å². The minimum Gasteiger partial charge on any atom is -0.870 e. The van der Waals surface area contributed by atoms with Crippen LogP contribution in [0.1, 0.15) is 0 Å². The van der Waals surface area contributed by atoms with Gasteiger partial charge in [0.05, 0.1) is 0 Å². The van der Waals surface area contributed by atoms with E-state index in [-0.39, 0.29) is 89.8 Å². The Morgan fingerprint density at radius 3 is 0.400 bits per heavy atom. The van der Waals surface area contributed by atoms with E-state index < -0.39 is 0 Å². The molecule has 0 saturated heterocycles. The molecule has 67 valence electrons. The van der Waals surface area contributed by atoms with Gasteiger partial charge in [-0.15, -0.1) is 0 Å². The molecule has 10 heteroatoms. The Balaban J connectivity index is 0. The maximum absolute atomic E-state index is 0. The first kappa shape index (κ1) is 717. The summed E-state index contributed by atoms with van der Waals surface area (Å²) in [6, 6.07) is 0. The van der Waals surface area contributed by atoms with Crippen LogP contribution in [-0.2, 0) is 34.1 Å². The molecule has 10 heavy (non-hydrogen) atoms. The Hall–Kier alpha value is 1.29. The molecule has 7 nitrogen and oxygen atoms in total. The largest absolute Gasteiger partial charge is 3.00 e. The van der Waals surface area contributed by atoms with Crippen molar-refractivity contribution in [2.45, 2.75) is 0 Å². The van der Waals surface area contributed by atoms with Crippen molar-refractivity contribution in [3.8, 4) is 0 Å². The fraction of sp³-hybridized carbons (Fsp3) is 0. The average Bonchev–Trinajstić information content (AvgIpc) is 0. The van der Waals surface area contributed by atoms with E-state index in [1.54, 1.807) is 0 Å². The summed E-state index contributed by atoms with van der Waals surface area (Å²) >= 11 is 0. The van der Waals surface area contributed by atoms with Crippen molar-refractivity contribution in [1.29, 1.82) is 0 Å². The van der Waals surface area contributed by atoms with Gasteiger partial charge in [-0.25, -0.2) is 0 Å². The molecule has 7 N–H and O–H groups in total. The molecule has 0 fully saturated rings. The molecule has 0 heterocycles. The summed E-state index contributed by atoms with van der Waals surface area (Å²) < 4.78 is 0. The maximum atomic E-state index is 0. The molecule has 1 radical (unpaired) electrons. The normalized spacial score (nSPS) is 0. The van der Waals surface area contributed by atoms with Gasteiger partial charge in [-0.05, 0) is 0 Å². The van der Waals surface area contributed by atoms with E-state index in [1.165, 1.54) is 0 Å². The molecule has 0 aromatic rings. The molecule has 0 aliphatic heterocycles. The van der Waals surface area contributed by atoms with E-state index in [0.717, 1.165) is 0 Å². The number of rotatable bonds is 0. The third kappa shape index (κ3) is 383. The molecule has 0 amide bonds. The van der Waals surface area contributed by atoms with Gasteiger partial charge in [0, 0.05) is 0 Å². The van der Waals surface area contributed by atoms with Crippen molar-refractivity contribution < 1.29 is 72.5 Å². The second-order valence-electron chi connectivity index (χ2n) is 0. The Morgan fingerprint density at radius 2 is 0.400 bits per heavy atom. The summed E-state index contributed by atoms with van der Waals surface area (Å²) in [6.45, 7) is 0. The van der Waals surface area contributed by atoms with Crippen LogP contribution in [0.25, 0.3) is 0 Å². The third-order valence-electron chi connectivity index (χ3n) is 0. The van der Waals surface area contributed by atoms with Crippen molar-refractivity contribution in [2.24, 2.45) is 0 Å². The van der Waals surface area contributed by atoms with Gasteiger partial charge in [0.15, 0.2) is 0 Å². The van der Waals surface area contributed by atoms with Crippen LogP contribution in [0.2, 0.25) is 0 Å². The zero-order chi connectivity index (χ0) is 0. The Labute approximate surface area is 89.8 Å². The molecule has 0 aliphatic carbocycles. The van der Waals surface area contributed by atoms with Gasteiger partial charge in [0.1, 0.15) is 0 Å². The molecule has 0 rings (SSSR count). The zero-order valence-corrected chi connectivity index (χ0v) is 7.88. The van der Waals surface area contributed by atoms with E-state index in [1.807, 2.05) is 0 Å². The monoisotopic (exact) mass is 257 g/mol. The molecule has 0 aromatic carbocycles. The molecule has 0 saturated carbocycles. The fourth-order valence-corrected chi connectivity index (χ4v) is 0. The first-order valence-corrected chi connectivity index (χ1v) is 0. The Kier molecular flexibility index (Phi) is 38200. The van der Waals surface area contributed by atoms with Crippen LogP contribution in [-0.4, -0.2) is 55.7 Å². The molecular weight excluding hydrogens is 250 g/mol. The second kappa shape index (κ2) is 533. The summed E-state index contributed by atoms with van der Waals surface area (Å²) in [6.07, 6.45) is 0. The van der Waals surface area contributed by atoms with Gasteiger partial charge in [-0.3, -0.25) is 0 Å². The van der Waals surface area contributed by atoms with Crippen molar-refractivity contribution in [1.82, 2.24) is 0 Å². The molecule has 0 spiro atoms. The van der Waals surface area contributed by atoms with Crippen LogP contribution in [0.5, 0.6) is 0 Å². The Morgan fingerprint density at radius 1 is 0.400 bits per heavy atom. The SMILES string of the molecule is [Al+3].[Fe+2].[Mn+2].[OH-].[OH-].[OH-].[OH-].[OH-].[OH-].[OH-]. The van der Waals surface area contributed by atoms with Crippen molar-refractivity contribution >= 4 is 17.4 Å². The average molecular weight is 257 g/mol. The van der Waals surface area contributed by atoms with E-state index in [4.69, 9.17) is 0 Å². The summed E-state index contributed by atoms with van der Waals surface area (Å²) in [5.74, 6) is 0. The fourth-order valence-electron chi connectivity index (χ4n) is 0. The smallest absolute Gasteiger partial charge is 0.870 e. The summed E-state index contributed by atoms with van der Waals surface area (Å²) in [5, 5.41) is 0. The molecule has 0 unspecified atom stereocenters. The quantitative estimate of drug-likeness (QED) is 0.461. The van der Waals surface area contributed by atoms with Crippen LogP contribution in [0.4, 0.5) is 0 Å². The molecule has 0 atom stereocenters. The van der Waals surface area contributed by atoms with Crippen LogP contribution in [0.15, 0.2) is 0 Å². The van der Waals surface area contributed by atoms with Crippen LogP contribution >= 0.6 is 0 Å². The van der Waals surface area contributed by atoms with E-state index in [0.29, 0.717) is 0 Å². The van der Waals surface area contributed by atoms with Crippen molar-refractivity contribution in [2.75, 3.05) is 0 Å². The van der Waals surface area contributed by atoms with E-state index in [9.17, 15) is 0 Å². The standard InChI is InChI=1S/Al.Fe.Mn.7H2O/h;;;7*1H2/q+3;2*+2;;;;;;;/p-7. The predicted molar refractivity (Wildman–Crippen MR) is 19.3 cm³/mol. The number of hydrogen-bond donors (Lipinski definition) is 0. The summed E-state index contributed by atoms with van der Waals surface area (Å²) in [7, 11) is 0. The summed E-state index contributed by atoms with van der Waals surface area (Å²) in [4.78, 5) is 0. The van der Waals surface area contributed by atoms with E-state index >= 15 is 0 Å². The predicted octanol–water partition coefficient (Wildman–Crippen LogP) is -1.62. The van der Waals surface area contributed by atoms with Crippen molar-refractivity contribution in [3.05, 3.63) is 0 Å². The van der Waals surface area contributed by atoms with Gasteiger partial charge in [-0.1, -0.05) is 0 Å². The minimum absolute atomic E-state index is 0. The second-order valence-corrected chi connectivity index (χ2v) is 0. The molecular formula is H7AlFeMnO7. The molecule has 0 aromatic heterocycles.